The van der Waals surface area contributed by atoms with Crippen molar-refractivity contribution in [3.05, 3.63) is 24.0 Å². The van der Waals surface area contributed by atoms with E-state index in [0.29, 0.717) is 23.9 Å². The summed E-state index contributed by atoms with van der Waals surface area (Å²) in [6.45, 7) is 3.19. The van der Waals surface area contributed by atoms with Crippen LogP contribution < -0.4 is 15.0 Å². The zero-order valence-corrected chi connectivity index (χ0v) is 12.2. The number of halogens is 1. The maximum absolute atomic E-state index is 13.9. The van der Waals surface area contributed by atoms with Crippen LogP contribution in [-0.4, -0.2) is 31.8 Å². The van der Waals surface area contributed by atoms with Gasteiger partial charge in [0.2, 0.25) is 0 Å². The molecule has 2 heterocycles. The lowest BCUT2D eigenvalue weighted by Gasteiger charge is -2.41. The highest BCUT2D eigenvalue weighted by atomic mass is 19.1. The summed E-state index contributed by atoms with van der Waals surface area (Å²) in [5.41, 5.74) is 1.01. The standard InChI is InChI=1S/C16H23FN2O/c1-3-18-11-8-12-4-5-13(9-11)19(12)14-6-7-16(20-2)15(17)10-14/h6-7,10-13,18H,3-5,8-9H2,1-2H3. The zero-order chi connectivity index (χ0) is 14.1. The zero-order valence-electron chi connectivity index (χ0n) is 12.2. The summed E-state index contributed by atoms with van der Waals surface area (Å²) in [6, 6.07) is 7.06. The van der Waals surface area contributed by atoms with Gasteiger partial charge in [-0.2, -0.15) is 0 Å². The molecule has 1 aromatic rings. The second-order valence-electron chi connectivity index (χ2n) is 5.84. The summed E-state index contributed by atoms with van der Waals surface area (Å²) in [5.74, 6) is 0.0573. The molecule has 1 N–H and O–H groups in total. The van der Waals surface area contributed by atoms with Crippen molar-refractivity contribution in [1.29, 1.82) is 0 Å². The van der Waals surface area contributed by atoms with Crippen molar-refractivity contribution in [2.24, 2.45) is 0 Å². The Hall–Kier alpha value is -1.29. The molecule has 2 aliphatic heterocycles. The molecule has 0 saturated carbocycles. The Balaban J connectivity index is 1.80. The first-order valence-corrected chi connectivity index (χ1v) is 7.58. The van der Waals surface area contributed by atoms with Gasteiger partial charge >= 0.3 is 0 Å². The molecule has 0 spiro atoms. The molecular formula is C16H23FN2O. The Labute approximate surface area is 120 Å². The van der Waals surface area contributed by atoms with Crippen molar-refractivity contribution in [3.63, 3.8) is 0 Å². The average Bonchev–Trinajstić information content (AvgIpc) is 2.70. The predicted octanol–water partition coefficient (Wildman–Crippen LogP) is 2.94. The van der Waals surface area contributed by atoms with Gasteiger partial charge in [0.15, 0.2) is 11.6 Å². The van der Waals surface area contributed by atoms with Gasteiger partial charge in [0.25, 0.3) is 0 Å². The highest BCUT2D eigenvalue weighted by Gasteiger charge is 2.40. The van der Waals surface area contributed by atoms with Gasteiger partial charge in [-0.25, -0.2) is 4.39 Å². The van der Waals surface area contributed by atoms with E-state index in [0.717, 1.165) is 25.1 Å². The highest BCUT2D eigenvalue weighted by molar-refractivity contribution is 5.53. The van der Waals surface area contributed by atoms with Crippen LogP contribution in [0.25, 0.3) is 0 Å². The lowest BCUT2D eigenvalue weighted by molar-refractivity contribution is 0.360. The van der Waals surface area contributed by atoms with Crippen molar-refractivity contribution in [2.45, 2.75) is 50.7 Å². The van der Waals surface area contributed by atoms with Gasteiger partial charge in [0.05, 0.1) is 7.11 Å². The summed E-state index contributed by atoms with van der Waals surface area (Å²) in [6.07, 6.45) is 4.77. The van der Waals surface area contributed by atoms with Crippen molar-refractivity contribution >= 4 is 5.69 Å². The van der Waals surface area contributed by atoms with Gasteiger partial charge in [-0.05, 0) is 44.4 Å². The van der Waals surface area contributed by atoms with Crippen LogP contribution in [0.2, 0.25) is 0 Å². The average molecular weight is 278 g/mol. The maximum Gasteiger partial charge on any atom is 0.167 e. The molecule has 1 aromatic carbocycles. The summed E-state index contributed by atoms with van der Waals surface area (Å²) in [7, 11) is 1.50. The molecule has 3 rings (SSSR count). The Morgan fingerprint density at radius 1 is 1.30 bits per heavy atom. The van der Waals surface area contributed by atoms with E-state index in [1.54, 1.807) is 12.1 Å². The summed E-state index contributed by atoms with van der Waals surface area (Å²) < 4.78 is 18.9. The molecule has 0 radical (unpaired) electrons. The molecule has 2 fully saturated rings. The number of benzene rings is 1. The second-order valence-corrected chi connectivity index (χ2v) is 5.84. The number of methoxy groups -OCH3 is 1. The fourth-order valence-electron chi connectivity index (χ4n) is 3.87. The van der Waals surface area contributed by atoms with Crippen LogP contribution in [0, 0.1) is 5.82 Å². The van der Waals surface area contributed by atoms with E-state index in [4.69, 9.17) is 4.74 Å². The second kappa shape index (κ2) is 5.60. The van der Waals surface area contributed by atoms with Crippen molar-refractivity contribution in [3.8, 4) is 5.75 Å². The molecule has 2 aliphatic rings. The fourth-order valence-corrected chi connectivity index (χ4v) is 3.87. The molecule has 2 atom stereocenters. The van der Waals surface area contributed by atoms with Gasteiger partial charge in [0.1, 0.15) is 0 Å². The first kappa shape index (κ1) is 13.7. The number of piperidine rings is 1. The third kappa shape index (κ3) is 2.37. The fraction of sp³-hybridized carbons (Fsp3) is 0.625. The first-order valence-electron chi connectivity index (χ1n) is 7.58. The van der Waals surface area contributed by atoms with E-state index in [1.807, 2.05) is 6.07 Å². The Morgan fingerprint density at radius 2 is 2.00 bits per heavy atom. The van der Waals surface area contributed by atoms with Crippen LogP contribution in [0.1, 0.15) is 32.6 Å². The molecular weight excluding hydrogens is 255 g/mol. The number of rotatable bonds is 4. The van der Waals surface area contributed by atoms with Crippen LogP contribution in [0.15, 0.2) is 18.2 Å². The number of hydrogen-bond donors (Lipinski definition) is 1. The molecule has 2 unspecified atom stereocenters. The van der Waals surface area contributed by atoms with Crippen molar-refractivity contribution in [1.82, 2.24) is 5.32 Å². The van der Waals surface area contributed by atoms with Crippen LogP contribution >= 0.6 is 0 Å². The van der Waals surface area contributed by atoms with Gasteiger partial charge in [0, 0.05) is 29.9 Å². The Bertz CT molecular complexity index is 466. The summed E-state index contributed by atoms with van der Waals surface area (Å²) in [4.78, 5) is 2.43. The van der Waals surface area contributed by atoms with Crippen LogP contribution in [-0.2, 0) is 0 Å². The third-order valence-corrected chi connectivity index (χ3v) is 4.66. The normalized spacial score (nSPS) is 28.8. The molecule has 4 heteroatoms. The number of ether oxygens (including phenoxy) is 1. The van der Waals surface area contributed by atoms with E-state index >= 15 is 0 Å². The molecule has 110 valence electrons. The van der Waals surface area contributed by atoms with Gasteiger partial charge < -0.3 is 15.0 Å². The van der Waals surface area contributed by atoms with E-state index in [9.17, 15) is 4.39 Å². The van der Waals surface area contributed by atoms with E-state index < -0.39 is 0 Å². The SMILES string of the molecule is CCNC1CC2CCC(C1)N2c1ccc(OC)c(F)c1. The van der Waals surface area contributed by atoms with Crippen LogP contribution in [0.5, 0.6) is 5.75 Å². The quantitative estimate of drug-likeness (QED) is 0.916. The number of nitrogens with one attached hydrogen (secondary N) is 1. The first-order chi connectivity index (χ1) is 9.72. The Kier molecular flexibility index (Phi) is 3.83. The monoisotopic (exact) mass is 278 g/mol. The number of hydrogen-bond acceptors (Lipinski definition) is 3. The summed E-state index contributed by atoms with van der Waals surface area (Å²) >= 11 is 0. The summed E-state index contributed by atoms with van der Waals surface area (Å²) in [5, 5.41) is 3.57. The van der Waals surface area contributed by atoms with Gasteiger partial charge in [-0.1, -0.05) is 6.92 Å². The lowest BCUT2D eigenvalue weighted by atomic mass is 9.96. The largest absolute Gasteiger partial charge is 0.494 e. The van der Waals surface area contributed by atoms with Gasteiger partial charge in [-0.3, -0.25) is 0 Å². The van der Waals surface area contributed by atoms with Gasteiger partial charge in [-0.15, -0.1) is 0 Å². The lowest BCUT2D eigenvalue weighted by Crippen LogP contribution is -2.49. The molecule has 3 nitrogen and oxygen atoms in total. The minimum atomic E-state index is -0.266. The van der Waals surface area contributed by atoms with E-state index in [-0.39, 0.29) is 5.82 Å². The molecule has 2 bridgehead atoms. The molecule has 2 saturated heterocycles. The molecule has 0 amide bonds. The minimum absolute atomic E-state index is 0.266. The number of fused-ring (bicyclic) bond motifs is 2. The van der Waals surface area contributed by atoms with E-state index in [2.05, 4.69) is 17.1 Å². The van der Waals surface area contributed by atoms with Crippen LogP contribution in [0.4, 0.5) is 10.1 Å². The maximum atomic E-state index is 13.9. The number of nitrogens with zero attached hydrogens (tertiary/aromatic N) is 1. The van der Waals surface area contributed by atoms with E-state index in [1.165, 1.54) is 20.0 Å². The topological polar surface area (TPSA) is 24.5 Å². The molecule has 0 aliphatic carbocycles. The third-order valence-electron chi connectivity index (χ3n) is 4.66. The van der Waals surface area contributed by atoms with Crippen LogP contribution in [0.3, 0.4) is 0 Å². The Morgan fingerprint density at radius 3 is 2.55 bits per heavy atom. The number of anilines is 1. The van der Waals surface area contributed by atoms with Crippen molar-refractivity contribution in [2.75, 3.05) is 18.6 Å². The minimum Gasteiger partial charge on any atom is -0.494 e. The molecule has 0 aromatic heterocycles. The van der Waals surface area contributed by atoms with Crippen molar-refractivity contribution < 1.29 is 9.13 Å². The molecule has 20 heavy (non-hydrogen) atoms. The smallest absolute Gasteiger partial charge is 0.167 e. The predicted molar refractivity (Wildman–Crippen MR) is 78.9 cm³/mol. The highest BCUT2D eigenvalue weighted by Crippen LogP contribution is 2.40.